The third-order valence-electron chi connectivity index (χ3n) is 2.48. The van der Waals surface area contributed by atoms with Gasteiger partial charge in [-0.15, -0.1) is 0 Å². The molecule has 0 spiro atoms. The van der Waals surface area contributed by atoms with Gasteiger partial charge >= 0.3 is 0 Å². The molecule has 0 saturated carbocycles. The molecular weight excluding hydrogens is 150 g/mol. The molecule has 0 bridgehead atoms. The van der Waals surface area contributed by atoms with Gasteiger partial charge in [0, 0.05) is 12.0 Å². The third-order valence-corrected chi connectivity index (χ3v) is 2.48. The molecular formula is C10H13NO. The van der Waals surface area contributed by atoms with Crippen molar-refractivity contribution in [1.29, 1.82) is 0 Å². The molecule has 1 heterocycles. The fourth-order valence-electron chi connectivity index (χ4n) is 1.75. The second kappa shape index (κ2) is 2.57. The minimum atomic E-state index is -0.114. The molecule has 64 valence electrons. The van der Waals surface area contributed by atoms with Crippen molar-refractivity contribution in [2.75, 3.05) is 13.6 Å². The lowest BCUT2D eigenvalue weighted by molar-refractivity contribution is -0.876. The second-order valence-corrected chi connectivity index (χ2v) is 3.70. The predicted octanol–water partition coefficient (Wildman–Crippen LogP) is 1.69. The molecule has 12 heavy (non-hydrogen) atoms. The number of hydrogen-bond acceptors (Lipinski definition) is 1. The maximum atomic E-state index is 11.6. The Bertz CT molecular complexity index is 294. The number of likely N-dealkylation sites (N-methyl/N-ethyl adjacent to an activating group) is 1. The second-order valence-electron chi connectivity index (χ2n) is 3.70. The number of rotatable bonds is 0. The van der Waals surface area contributed by atoms with Crippen LogP contribution >= 0.6 is 0 Å². The van der Waals surface area contributed by atoms with Gasteiger partial charge in [0.1, 0.15) is 6.54 Å². The molecule has 0 N–H and O–H groups in total. The van der Waals surface area contributed by atoms with E-state index in [-0.39, 0.29) is 4.65 Å². The highest BCUT2D eigenvalue weighted by atomic mass is 16.5. The van der Waals surface area contributed by atoms with Gasteiger partial charge in [0.25, 0.3) is 0 Å². The Balaban J connectivity index is 2.35. The van der Waals surface area contributed by atoms with Gasteiger partial charge in [-0.2, -0.15) is 0 Å². The Morgan fingerprint density at radius 1 is 1.25 bits per heavy atom. The summed E-state index contributed by atoms with van der Waals surface area (Å²) in [4.78, 5) is 0. The molecule has 0 aromatic heterocycles. The van der Waals surface area contributed by atoms with Gasteiger partial charge in [-0.25, -0.2) is 0 Å². The summed E-state index contributed by atoms with van der Waals surface area (Å²) >= 11 is 0. The van der Waals surface area contributed by atoms with Gasteiger partial charge in [0.2, 0.25) is 0 Å². The van der Waals surface area contributed by atoms with Crippen molar-refractivity contribution in [2.24, 2.45) is 0 Å². The summed E-state index contributed by atoms with van der Waals surface area (Å²) in [6.07, 6.45) is 0.927. The average Bonchev–Trinajstić information content (AvgIpc) is 2.02. The van der Waals surface area contributed by atoms with Crippen LogP contribution in [0, 0.1) is 5.21 Å². The van der Waals surface area contributed by atoms with Crippen LogP contribution in [-0.4, -0.2) is 18.2 Å². The molecule has 0 radical (unpaired) electrons. The lowest BCUT2D eigenvalue weighted by atomic mass is 10.0. The van der Waals surface area contributed by atoms with Gasteiger partial charge < -0.3 is 9.85 Å². The Morgan fingerprint density at radius 2 is 1.92 bits per heavy atom. The first kappa shape index (κ1) is 7.77. The third kappa shape index (κ3) is 1.36. The normalized spacial score (nSPS) is 28.2. The Morgan fingerprint density at radius 3 is 2.67 bits per heavy atom. The average molecular weight is 163 g/mol. The van der Waals surface area contributed by atoms with Gasteiger partial charge in [-0.05, 0) is 5.56 Å². The molecule has 0 aliphatic carbocycles. The fourth-order valence-corrected chi connectivity index (χ4v) is 1.75. The molecule has 2 rings (SSSR count). The first-order valence-electron chi connectivity index (χ1n) is 4.30. The number of quaternary nitrogens is 1. The summed E-state index contributed by atoms with van der Waals surface area (Å²) in [7, 11) is 1.75. The van der Waals surface area contributed by atoms with Gasteiger partial charge in [0.05, 0.1) is 13.6 Å². The summed E-state index contributed by atoms with van der Waals surface area (Å²) < 4.78 is -0.114. The van der Waals surface area contributed by atoms with Crippen molar-refractivity contribution in [3.8, 4) is 0 Å². The van der Waals surface area contributed by atoms with Crippen LogP contribution in [0.4, 0.5) is 0 Å². The molecule has 1 aromatic carbocycles. The van der Waals surface area contributed by atoms with E-state index < -0.39 is 0 Å². The highest BCUT2D eigenvalue weighted by molar-refractivity contribution is 5.27. The lowest BCUT2D eigenvalue weighted by Gasteiger charge is -2.42. The van der Waals surface area contributed by atoms with Crippen molar-refractivity contribution in [2.45, 2.75) is 13.0 Å². The van der Waals surface area contributed by atoms with E-state index >= 15 is 0 Å². The van der Waals surface area contributed by atoms with Gasteiger partial charge in [0.15, 0.2) is 0 Å². The molecule has 2 heteroatoms. The number of hydrogen-bond donors (Lipinski definition) is 0. The van der Waals surface area contributed by atoms with E-state index in [9.17, 15) is 5.21 Å². The highest BCUT2D eigenvalue weighted by Gasteiger charge is 2.19. The van der Waals surface area contributed by atoms with Crippen molar-refractivity contribution in [1.82, 2.24) is 0 Å². The van der Waals surface area contributed by atoms with Crippen LogP contribution in [0.5, 0.6) is 0 Å². The van der Waals surface area contributed by atoms with E-state index in [1.54, 1.807) is 7.05 Å². The Labute approximate surface area is 72.6 Å². The highest BCUT2D eigenvalue weighted by Crippen LogP contribution is 2.21. The van der Waals surface area contributed by atoms with Crippen molar-refractivity contribution < 1.29 is 4.65 Å². The van der Waals surface area contributed by atoms with E-state index in [0.29, 0.717) is 6.54 Å². The molecule has 0 amide bonds. The van der Waals surface area contributed by atoms with E-state index in [1.165, 1.54) is 11.1 Å². The number of benzene rings is 1. The standard InChI is InChI=1S/C10H13NO/c1-11(12)7-6-9-4-2-3-5-10(9)8-11/h2-5H,6-8H2,1H3. The fraction of sp³-hybridized carbons (Fsp3) is 0.400. The first-order chi connectivity index (χ1) is 5.67. The largest absolute Gasteiger partial charge is 0.633 e. The van der Waals surface area contributed by atoms with Crippen LogP contribution in [0.3, 0.4) is 0 Å². The van der Waals surface area contributed by atoms with E-state index in [0.717, 1.165) is 13.0 Å². The Hall–Kier alpha value is -0.860. The van der Waals surface area contributed by atoms with Crippen molar-refractivity contribution >= 4 is 0 Å². The molecule has 1 aliphatic heterocycles. The van der Waals surface area contributed by atoms with E-state index in [2.05, 4.69) is 12.1 Å². The van der Waals surface area contributed by atoms with Crippen LogP contribution in [0.1, 0.15) is 11.1 Å². The summed E-state index contributed by atoms with van der Waals surface area (Å²) in [6.45, 7) is 1.35. The zero-order valence-electron chi connectivity index (χ0n) is 7.29. The SMILES string of the molecule is C[N+]1([O-])CCc2ccccc2C1. The monoisotopic (exact) mass is 163 g/mol. The minimum Gasteiger partial charge on any atom is -0.633 e. The summed E-state index contributed by atoms with van der Waals surface area (Å²) in [5, 5.41) is 11.6. The molecule has 0 saturated heterocycles. The van der Waals surface area contributed by atoms with Crippen molar-refractivity contribution in [3.05, 3.63) is 40.6 Å². The van der Waals surface area contributed by atoms with E-state index in [4.69, 9.17) is 0 Å². The smallest absolute Gasteiger partial charge is 0.104 e. The van der Waals surface area contributed by atoms with E-state index in [1.807, 2.05) is 12.1 Å². The summed E-state index contributed by atoms with van der Waals surface area (Å²) in [5.74, 6) is 0. The number of hydroxylamine groups is 3. The number of fused-ring (bicyclic) bond motifs is 1. The molecule has 1 aromatic rings. The lowest BCUT2D eigenvalue weighted by Crippen LogP contribution is -2.41. The predicted molar refractivity (Wildman–Crippen MR) is 48.3 cm³/mol. The van der Waals surface area contributed by atoms with Crippen LogP contribution in [0.25, 0.3) is 0 Å². The molecule has 1 unspecified atom stereocenters. The van der Waals surface area contributed by atoms with Crippen LogP contribution < -0.4 is 0 Å². The van der Waals surface area contributed by atoms with Gasteiger partial charge in [-0.1, -0.05) is 24.3 Å². The zero-order valence-corrected chi connectivity index (χ0v) is 7.29. The van der Waals surface area contributed by atoms with Crippen LogP contribution in [0.2, 0.25) is 0 Å². The molecule has 0 fully saturated rings. The van der Waals surface area contributed by atoms with Gasteiger partial charge in [-0.3, -0.25) is 0 Å². The maximum Gasteiger partial charge on any atom is 0.104 e. The molecule has 1 atom stereocenters. The molecule has 2 nitrogen and oxygen atoms in total. The quantitative estimate of drug-likeness (QED) is 0.421. The Kier molecular flexibility index (Phi) is 1.67. The van der Waals surface area contributed by atoms with Crippen molar-refractivity contribution in [3.63, 3.8) is 0 Å². The minimum absolute atomic E-state index is 0.114. The topological polar surface area (TPSA) is 23.1 Å². The molecule has 1 aliphatic rings. The van der Waals surface area contributed by atoms with Crippen LogP contribution in [0.15, 0.2) is 24.3 Å². The van der Waals surface area contributed by atoms with Crippen LogP contribution in [-0.2, 0) is 13.0 Å². The zero-order chi connectivity index (χ0) is 8.60. The maximum absolute atomic E-state index is 11.6. The summed E-state index contributed by atoms with van der Waals surface area (Å²) in [6, 6.07) is 8.22. The summed E-state index contributed by atoms with van der Waals surface area (Å²) in [5.41, 5.74) is 2.57. The number of nitrogens with zero attached hydrogens (tertiary/aromatic N) is 1. The first-order valence-corrected chi connectivity index (χ1v) is 4.30.